The first kappa shape index (κ1) is 23.9. The average molecular weight is 476 g/mol. The number of fused-ring (bicyclic) bond motifs is 1. The normalized spacial score (nSPS) is 10.8. The predicted octanol–water partition coefficient (Wildman–Crippen LogP) is 6.07. The molecule has 3 rings (SSSR count). The number of carbonyl (C=O) groups excluding carboxylic acids is 1. The van der Waals surface area contributed by atoms with Gasteiger partial charge >= 0.3 is 0 Å². The van der Waals surface area contributed by atoms with Crippen molar-refractivity contribution in [1.29, 1.82) is 0 Å². The number of ether oxygens (including phenoxy) is 3. The number of aromatic nitrogens is 1. The zero-order chi connectivity index (χ0) is 23.1. The van der Waals surface area contributed by atoms with Gasteiger partial charge in [0.15, 0.2) is 23.1 Å². The van der Waals surface area contributed by atoms with Gasteiger partial charge in [0, 0.05) is 47.7 Å². The molecule has 0 aliphatic carbocycles. The second kappa shape index (κ2) is 11.2. The summed E-state index contributed by atoms with van der Waals surface area (Å²) in [6.45, 7) is 0. The molecule has 0 radical (unpaired) electrons. The molecule has 8 heteroatoms. The van der Waals surface area contributed by atoms with Crippen molar-refractivity contribution in [3.05, 3.63) is 54.0 Å². The summed E-state index contributed by atoms with van der Waals surface area (Å²) in [6, 6.07) is 9.79. The Morgan fingerprint density at radius 3 is 2.50 bits per heavy atom. The van der Waals surface area contributed by atoms with Crippen molar-refractivity contribution in [2.24, 2.45) is 0 Å². The van der Waals surface area contributed by atoms with Crippen LogP contribution in [0.2, 0.25) is 0 Å². The Morgan fingerprint density at radius 2 is 1.81 bits per heavy atom. The zero-order valence-corrected chi connectivity index (χ0v) is 19.4. The van der Waals surface area contributed by atoms with Crippen molar-refractivity contribution in [3.8, 4) is 23.0 Å². The van der Waals surface area contributed by atoms with Crippen LogP contribution in [0.15, 0.2) is 42.6 Å². The van der Waals surface area contributed by atoms with Crippen LogP contribution in [0.4, 0.5) is 4.39 Å². The molecule has 1 heterocycles. The van der Waals surface area contributed by atoms with Gasteiger partial charge in [-0.2, -0.15) is 0 Å². The van der Waals surface area contributed by atoms with Crippen LogP contribution in [0.1, 0.15) is 24.8 Å². The minimum absolute atomic E-state index is 0.0488. The van der Waals surface area contributed by atoms with Crippen LogP contribution in [0.3, 0.4) is 0 Å². The fraction of sp³-hybridized carbons (Fsp3) is 0.292. The number of rotatable bonds is 11. The summed E-state index contributed by atoms with van der Waals surface area (Å²) in [4.78, 5) is 16.7. The second-order valence-corrected chi connectivity index (χ2v) is 8.08. The number of halogens is 2. The molecule has 3 aromatic rings. The lowest BCUT2D eigenvalue weighted by Crippen LogP contribution is -2.08. The van der Waals surface area contributed by atoms with E-state index < -0.39 is 5.82 Å². The van der Waals surface area contributed by atoms with Gasteiger partial charge < -0.3 is 14.2 Å². The Labute approximate surface area is 196 Å². The molecule has 0 atom stereocenters. The second-order valence-electron chi connectivity index (χ2n) is 7.12. The maximum Gasteiger partial charge on any atom is 0.166 e. The molecule has 0 saturated carbocycles. The number of hydrogen-bond acceptors (Lipinski definition) is 6. The first-order valence-electron chi connectivity index (χ1n) is 10.0. The lowest BCUT2D eigenvalue weighted by atomic mass is 10.0. The number of nitrogens with zero attached hydrogens (tertiary/aromatic N) is 1. The number of carbonyl (C=O) groups is 1. The zero-order valence-electron chi connectivity index (χ0n) is 17.8. The summed E-state index contributed by atoms with van der Waals surface area (Å²) in [5.41, 5.74) is 1.30. The Morgan fingerprint density at radius 1 is 1.06 bits per heavy atom. The molecule has 0 saturated heterocycles. The maximum absolute atomic E-state index is 14.8. The lowest BCUT2D eigenvalue weighted by molar-refractivity contribution is -0.117. The molecule has 0 aliphatic heterocycles. The molecule has 0 N–H and O–H groups in total. The van der Waals surface area contributed by atoms with E-state index in [9.17, 15) is 9.18 Å². The highest BCUT2D eigenvalue weighted by atomic mass is 35.5. The topological polar surface area (TPSA) is 57.7 Å². The molecular formula is C24H23ClFNO4S. The standard InChI is InChI=1S/C24H23ClFNO4S/c1-29-23-13-18-20(14-24(23)30-2)27-9-7-21(18)31-22-6-5-15(11-19(22)26)10-17(32)12-16(28)4-3-8-25/h5-7,9,11,13-14H,3-4,8,10,12H2,1-2H3. The number of ketones is 1. The summed E-state index contributed by atoms with van der Waals surface area (Å²) in [5, 5.41) is 0.658. The van der Waals surface area contributed by atoms with Crippen molar-refractivity contribution in [3.63, 3.8) is 0 Å². The molecule has 32 heavy (non-hydrogen) atoms. The van der Waals surface area contributed by atoms with E-state index in [0.29, 0.717) is 63.7 Å². The molecule has 1 aromatic heterocycles. The highest BCUT2D eigenvalue weighted by molar-refractivity contribution is 7.80. The minimum atomic E-state index is -0.524. The molecule has 5 nitrogen and oxygen atoms in total. The summed E-state index contributed by atoms with van der Waals surface area (Å²) in [7, 11) is 3.08. The third kappa shape index (κ3) is 5.93. The van der Waals surface area contributed by atoms with E-state index in [1.807, 2.05) is 0 Å². The first-order chi connectivity index (χ1) is 15.4. The third-order valence-corrected chi connectivity index (χ3v) is 5.36. The van der Waals surface area contributed by atoms with E-state index in [2.05, 4.69) is 4.98 Å². The molecule has 0 unspecified atom stereocenters. The van der Waals surface area contributed by atoms with Crippen molar-refractivity contribution in [1.82, 2.24) is 4.98 Å². The van der Waals surface area contributed by atoms with Gasteiger partial charge in [-0.3, -0.25) is 9.78 Å². The number of hydrogen-bond donors (Lipinski definition) is 0. The molecule has 2 aromatic carbocycles. The van der Waals surface area contributed by atoms with Crippen molar-refractivity contribution >= 4 is 45.4 Å². The third-order valence-electron chi connectivity index (χ3n) is 4.81. The molecule has 0 bridgehead atoms. The van der Waals surface area contributed by atoms with Gasteiger partial charge in [-0.1, -0.05) is 18.3 Å². The minimum Gasteiger partial charge on any atom is -0.493 e. The molecule has 0 aliphatic rings. The van der Waals surface area contributed by atoms with Gasteiger partial charge in [0.2, 0.25) is 0 Å². The Kier molecular flexibility index (Phi) is 8.36. The van der Waals surface area contributed by atoms with Gasteiger partial charge in [0.05, 0.1) is 19.7 Å². The number of methoxy groups -OCH3 is 2. The summed E-state index contributed by atoms with van der Waals surface area (Å²) < 4.78 is 31.3. The van der Waals surface area contributed by atoms with Crippen molar-refractivity contribution in [2.75, 3.05) is 20.1 Å². The highest BCUT2D eigenvalue weighted by Crippen LogP contribution is 2.37. The van der Waals surface area contributed by atoms with Crippen LogP contribution >= 0.6 is 23.8 Å². The monoisotopic (exact) mass is 475 g/mol. The van der Waals surface area contributed by atoms with Crippen LogP contribution in [-0.2, 0) is 11.2 Å². The summed E-state index contributed by atoms with van der Waals surface area (Å²) >= 11 is 10.9. The number of thiocarbonyl (C=S) groups is 1. The Balaban J connectivity index is 1.77. The van der Waals surface area contributed by atoms with Crippen LogP contribution < -0.4 is 14.2 Å². The van der Waals surface area contributed by atoms with Gasteiger partial charge in [0.25, 0.3) is 0 Å². The average Bonchev–Trinajstić information content (AvgIpc) is 2.78. The Hall–Kier alpha value is -2.77. The summed E-state index contributed by atoms with van der Waals surface area (Å²) in [5.74, 6) is 1.53. The molecule has 0 fully saturated rings. The molecule has 0 spiro atoms. The van der Waals surface area contributed by atoms with E-state index in [1.54, 1.807) is 43.6 Å². The largest absolute Gasteiger partial charge is 0.493 e. The van der Waals surface area contributed by atoms with Gasteiger partial charge in [-0.15, -0.1) is 11.6 Å². The van der Waals surface area contributed by atoms with E-state index in [-0.39, 0.29) is 18.0 Å². The van der Waals surface area contributed by atoms with E-state index in [0.717, 1.165) is 0 Å². The predicted molar refractivity (Wildman–Crippen MR) is 127 cm³/mol. The van der Waals surface area contributed by atoms with E-state index in [1.165, 1.54) is 13.2 Å². The van der Waals surface area contributed by atoms with Crippen molar-refractivity contribution in [2.45, 2.75) is 25.7 Å². The first-order valence-corrected chi connectivity index (χ1v) is 11.0. The van der Waals surface area contributed by atoms with Crippen LogP contribution in [0, 0.1) is 5.82 Å². The lowest BCUT2D eigenvalue weighted by Gasteiger charge is -2.13. The number of Topliss-reactive ketones (excluding diaryl/α,β-unsaturated/α-hetero) is 1. The van der Waals surface area contributed by atoms with E-state index in [4.69, 9.17) is 38.0 Å². The molecule has 0 amide bonds. The van der Waals surface area contributed by atoms with Crippen LogP contribution in [0.25, 0.3) is 10.9 Å². The van der Waals surface area contributed by atoms with Crippen LogP contribution in [0.5, 0.6) is 23.0 Å². The highest BCUT2D eigenvalue weighted by Gasteiger charge is 2.14. The number of pyridine rings is 1. The van der Waals surface area contributed by atoms with Crippen LogP contribution in [-0.4, -0.2) is 35.7 Å². The van der Waals surface area contributed by atoms with Crippen molar-refractivity contribution < 1.29 is 23.4 Å². The maximum atomic E-state index is 14.8. The fourth-order valence-electron chi connectivity index (χ4n) is 3.25. The number of benzene rings is 2. The summed E-state index contributed by atoms with van der Waals surface area (Å²) in [6.07, 6.45) is 3.15. The number of alkyl halides is 1. The Bertz CT molecular complexity index is 1140. The molecular weight excluding hydrogens is 453 g/mol. The van der Waals surface area contributed by atoms with Gasteiger partial charge in [0.1, 0.15) is 11.5 Å². The van der Waals surface area contributed by atoms with Gasteiger partial charge in [-0.25, -0.2) is 4.39 Å². The van der Waals surface area contributed by atoms with E-state index >= 15 is 0 Å². The quantitative estimate of drug-likeness (QED) is 0.247. The smallest absolute Gasteiger partial charge is 0.166 e. The van der Waals surface area contributed by atoms with Gasteiger partial charge in [-0.05, 0) is 36.2 Å². The fourth-order valence-corrected chi connectivity index (χ4v) is 3.72. The molecule has 168 valence electrons. The SMILES string of the molecule is COc1cc2nccc(Oc3ccc(CC(=S)CC(=O)CCCCl)cc3F)c2cc1OC.